The number of methoxy groups -OCH3 is 1. The Bertz CT molecular complexity index is 1030. The zero-order valence-corrected chi connectivity index (χ0v) is 17.0. The van der Waals surface area contributed by atoms with Crippen molar-refractivity contribution in [3.63, 3.8) is 0 Å². The maximum absolute atomic E-state index is 12.7. The molecule has 0 amide bonds. The highest BCUT2D eigenvalue weighted by atomic mass is 16.5. The number of carbonyl (C=O) groups excluding carboxylic acids is 1. The number of aryl methyl sites for hydroxylation is 1. The standard InChI is InChI=1S/C24H27N3O2/c1-26-21-9-5-4-8-20(21)24(25-26)22(28)12-11-18-13-15-27(16-14-18)17-19-7-3-6-10-23(19)29-2/h3-12,18H,13-17H2,1-2H3. The molecule has 4 rings (SSSR count). The lowest BCUT2D eigenvalue weighted by molar-refractivity contribution is 0.104. The number of hydrogen-bond acceptors (Lipinski definition) is 4. The van der Waals surface area contributed by atoms with Crippen molar-refractivity contribution in [2.45, 2.75) is 19.4 Å². The minimum atomic E-state index is -0.0155. The lowest BCUT2D eigenvalue weighted by atomic mass is 9.95. The Morgan fingerprint density at radius 2 is 1.86 bits per heavy atom. The summed E-state index contributed by atoms with van der Waals surface area (Å²) in [5.74, 6) is 1.36. The SMILES string of the molecule is COc1ccccc1CN1CCC(C=CC(=O)c2nn(C)c3ccccc23)CC1. The van der Waals surface area contributed by atoms with Crippen molar-refractivity contribution in [1.82, 2.24) is 14.7 Å². The molecule has 0 unspecified atom stereocenters. The van der Waals surface area contributed by atoms with E-state index in [1.807, 2.05) is 43.4 Å². The van der Waals surface area contributed by atoms with E-state index in [0.29, 0.717) is 11.6 Å². The molecular formula is C24H27N3O2. The van der Waals surface area contributed by atoms with Crippen LogP contribution in [0.5, 0.6) is 5.75 Å². The maximum atomic E-state index is 12.7. The molecule has 1 aliphatic rings. The first kappa shape index (κ1) is 19.4. The number of carbonyl (C=O) groups is 1. The molecule has 1 fully saturated rings. The van der Waals surface area contributed by atoms with Gasteiger partial charge in [-0.1, -0.05) is 42.5 Å². The van der Waals surface area contributed by atoms with Gasteiger partial charge in [-0.05, 0) is 50.1 Å². The highest BCUT2D eigenvalue weighted by Gasteiger charge is 2.19. The molecule has 0 aliphatic carbocycles. The fourth-order valence-corrected chi connectivity index (χ4v) is 4.08. The van der Waals surface area contributed by atoms with Crippen LogP contribution in [0.3, 0.4) is 0 Å². The Labute approximate surface area is 171 Å². The zero-order chi connectivity index (χ0) is 20.2. The Balaban J connectivity index is 1.35. The van der Waals surface area contributed by atoms with Crippen molar-refractivity contribution in [3.8, 4) is 5.75 Å². The molecule has 0 radical (unpaired) electrons. The third kappa shape index (κ3) is 4.25. The molecule has 5 nitrogen and oxygen atoms in total. The van der Waals surface area contributed by atoms with Crippen LogP contribution in [-0.2, 0) is 13.6 Å². The van der Waals surface area contributed by atoms with Crippen LogP contribution in [0.4, 0.5) is 0 Å². The molecule has 1 saturated heterocycles. The monoisotopic (exact) mass is 389 g/mol. The van der Waals surface area contributed by atoms with Gasteiger partial charge in [0.2, 0.25) is 5.78 Å². The predicted molar refractivity (Wildman–Crippen MR) is 115 cm³/mol. The van der Waals surface area contributed by atoms with Gasteiger partial charge in [-0.3, -0.25) is 14.4 Å². The number of para-hydroxylation sites is 2. The highest BCUT2D eigenvalue weighted by Crippen LogP contribution is 2.24. The molecule has 5 heteroatoms. The molecule has 0 N–H and O–H groups in total. The fraction of sp³-hybridized carbons (Fsp3) is 0.333. The number of nitrogens with zero attached hydrogens (tertiary/aromatic N) is 3. The first-order valence-corrected chi connectivity index (χ1v) is 10.1. The van der Waals surface area contributed by atoms with Crippen LogP contribution in [0, 0.1) is 5.92 Å². The van der Waals surface area contributed by atoms with E-state index in [4.69, 9.17) is 4.74 Å². The minimum absolute atomic E-state index is 0.0155. The van der Waals surface area contributed by atoms with Crippen molar-refractivity contribution in [2.75, 3.05) is 20.2 Å². The molecule has 1 aliphatic heterocycles. The molecule has 29 heavy (non-hydrogen) atoms. The van der Waals surface area contributed by atoms with Gasteiger partial charge < -0.3 is 4.74 Å². The van der Waals surface area contributed by atoms with Gasteiger partial charge in [0.05, 0.1) is 12.6 Å². The number of fused-ring (bicyclic) bond motifs is 1. The summed E-state index contributed by atoms with van der Waals surface area (Å²) in [5.41, 5.74) is 2.74. The van der Waals surface area contributed by atoms with Crippen LogP contribution < -0.4 is 4.74 Å². The van der Waals surface area contributed by atoms with Crippen LogP contribution in [0.2, 0.25) is 0 Å². The molecule has 0 spiro atoms. The Hall–Kier alpha value is -2.92. The largest absolute Gasteiger partial charge is 0.496 e. The van der Waals surface area contributed by atoms with Crippen molar-refractivity contribution in [3.05, 3.63) is 71.9 Å². The average Bonchev–Trinajstić information content (AvgIpc) is 3.10. The molecule has 0 bridgehead atoms. The molecule has 3 aromatic rings. The van der Waals surface area contributed by atoms with Crippen LogP contribution >= 0.6 is 0 Å². The lowest BCUT2D eigenvalue weighted by Crippen LogP contribution is -2.32. The molecule has 0 saturated carbocycles. The number of hydrogen-bond donors (Lipinski definition) is 0. The normalized spacial score (nSPS) is 15.9. The quantitative estimate of drug-likeness (QED) is 0.467. The lowest BCUT2D eigenvalue weighted by Gasteiger charge is -2.31. The van der Waals surface area contributed by atoms with Gasteiger partial charge in [0.25, 0.3) is 0 Å². The topological polar surface area (TPSA) is 47.4 Å². The van der Waals surface area contributed by atoms with E-state index in [1.54, 1.807) is 17.9 Å². The van der Waals surface area contributed by atoms with Gasteiger partial charge in [-0.15, -0.1) is 0 Å². The van der Waals surface area contributed by atoms with Gasteiger partial charge in [0.1, 0.15) is 11.4 Å². The summed E-state index contributed by atoms with van der Waals surface area (Å²) in [6.07, 6.45) is 5.91. The second-order valence-corrected chi connectivity index (χ2v) is 7.64. The number of benzene rings is 2. The van der Waals surface area contributed by atoms with Crippen molar-refractivity contribution in [2.24, 2.45) is 13.0 Å². The second kappa shape index (κ2) is 8.62. The molecule has 2 aromatic carbocycles. The molecular weight excluding hydrogens is 362 g/mol. The average molecular weight is 389 g/mol. The summed E-state index contributed by atoms with van der Waals surface area (Å²) in [7, 11) is 3.60. The van der Waals surface area contributed by atoms with Crippen LogP contribution in [0.15, 0.2) is 60.7 Å². The minimum Gasteiger partial charge on any atom is -0.496 e. The number of piperidine rings is 1. The first-order chi connectivity index (χ1) is 14.2. The third-order valence-electron chi connectivity index (χ3n) is 5.73. The smallest absolute Gasteiger partial charge is 0.206 e. The third-order valence-corrected chi connectivity index (χ3v) is 5.73. The van der Waals surface area contributed by atoms with E-state index >= 15 is 0 Å². The van der Waals surface area contributed by atoms with Crippen LogP contribution in [0.1, 0.15) is 28.9 Å². The zero-order valence-electron chi connectivity index (χ0n) is 17.0. The summed E-state index contributed by atoms with van der Waals surface area (Å²) in [6, 6.07) is 16.1. The summed E-state index contributed by atoms with van der Waals surface area (Å²) in [6.45, 7) is 2.95. The molecule has 150 valence electrons. The van der Waals surface area contributed by atoms with E-state index in [0.717, 1.165) is 49.1 Å². The van der Waals surface area contributed by atoms with Crippen molar-refractivity contribution in [1.29, 1.82) is 0 Å². The summed E-state index contributed by atoms with van der Waals surface area (Å²) < 4.78 is 7.23. The van der Waals surface area contributed by atoms with Crippen molar-refractivity contribution >= 4 is 16.7 Å². The van der Waals surface area contributed by atoms with Gasteiger partial charge in [-0.25, -0.2) is 0 Å². The number of aromatic nitrogens is 2. The predicted octanol–water partition coefficient (Wildman–Crippen LogP) is 4.23. The van der Waals surface area contributed by atoms with E-state index in [1.165, 1.54) is 5.56 Å². The number of rotatable bonds is 6. The molecule has 0 atom stereocenters. The Morgan fingerprint density at radius 3 is 2.66 bits per heavy atom. The Morgan fingerprint density at radius 1 is 1.14 bits per heavy atom. The van der Waals surface area contributed by atoms with E-state index in [2.05, 4.69) is 28.2 Å². The van der Waals surface area contributed by atoms with Crippen molar-refractivity contribution < 1.29 is 9.53 Å². The fourth-order valence-electron chi connectivity index (χ4n) is 4.08. The Kier molecular flexibility index (Phi) is 5.76. The number of ketones is 1. The van der Waals surface area contributed by atoms with Crippen LogP contribution in [0.25, 0.3) is 10.9 Å². The number of allylic oxidation sites excluding steroid dienone is 2. The summed E-state index contributed by atoms with van der Waals surface area (Å²) >= 11 is 0. The highest BCUT2D eigenvalue weighted by molar-refractivity contribution is 6.11. The van der Waals surface area contributed by atoms with E-state index in [-0.39, 0.29) is 5.78 Å². The van der Waals surface area contributed by atoms with E-state index in [9.17, 15) is 4.79 Å². The maximum Gasteiger partial charge on any atom is 0.206 e. The second-order valence-electron chi connectivity index (χ2n) is 7.64. The molecule has 2 heterocycles. The molecule has 1 aromatic heterocycles. The first-order valence-electron chi connectivity index (χ1n) is 10.1. The van der Waals surface area contributed by atoms with Gasteiger partial charge in [0, 0.05) is 24.5 Å². The summed E-state index contributed by atoms with van der Waals surface area (Å²) in [5, 5.41) is 5.34. The van der Waals surface area contributed by atoms with Crippen LogP contribution in [-0.4, -0.2) is 40.7 Å². The van der Waals surface area contributed by atoms with E-state index < -0.39 is 0 Å². The number of ether oxygens (including phenoxy) is 1. The van der Waals surface area contributed by atoms with Gasteiger partial charge in [-0.2, -0.15) is 5.10 Å². The van der Waals surface area contributed by atoms with Gasteiger partial charge >= 0.3 is 0 Å². The number of likely N-dealkylation sites (tertiary alicyclic amines) is 1. The summed E-state index contributed by atoms with van der Waals surface area (Å²) in [4.78, 5) is 15.2. The van der Waals surface area contributed by atoms with Gasteiger partial charge in [0.15, 0.2) is 0 Å².